The Labute approximate surface area is 163 Å². The minimum Gasteiger partial charge on any atom is -0.355 e. The zero-order valence-electron chi connectivity index (χ0n) is 15.7. The van der Waals surface area contributed by atoms with Crippen LogP contribution in [0.1, 0.15) is 21.5 Å². The lowest BCUT2D eigenvalue weighted by molar-refractivity contribution is -0.917. The number of nitrogens with one attached hydrogen (secondary N) is 3. The maximum atomic E-state index is 11.6. The minimum atomic E-state index is -0.0744. The van der Waals surface area contributed by atoms with Crippen molar-refractivity contribution in [2.24, 2.45) is 0 Å². The fraction of sp³-hybridized carbons (Fsp3) is 0.250. The summed E-state index contributed by atoms with van der Waals surface area (Å²) >= 11 is 5.40. The first-order valence-corrected chi connectivity index (χ1v) is 9.23. The Balaban J connectivity index is 1.67. The van der Waals surface area contributed by atoms with Crippen LogP contribution in [0.4, 0.5) is 0 Å². The van der Waals surface area contributed by atoms with Crippen LogP contribution >= 0.6 is 12.2 Å². The fourth-order valence-corrected chi connectivity index (χ4v) is 3.10. The van der Waals surface area contributed by atoms with Crippen LogP contribution in [0.2, 0.25) is 0 Å². The highest BCUT2D eigenvalue weighted by molar-refractivity contribution is 7.71. The summed E-state index contributed by atoms with van der Waals surface area (Å²) in [5.41, 5.74) is 4.05. The maximum absolute atomic E-state index is 11.6. The molecule has 1 unspecified atom stereocenters. The standard InChI is InChI=1S/C20H23N5OS/c1-14-4-8-16(9-5-14)18-22-20(27)25(23-18)13-24(3)12-15-6-10-17(11-7-15)19(26)21-2/h4-11H,12-13H2,1-3H3,(H,21,26)(H,22,23,27)/p+1. The Morgan fingerprint density at radius 1 is 1.19 bits per heavy atom. The quantitative estimate of drug-likeness (QED) is 0.571. The molecule has 1 aromatic heterocycles. The van der Waals surface area contributed by atoms with Gasteiger partial charge in [-0.3, -0.25) is 9.89 Å². The number of carbonyl (C=O) groups excluding carboxylic acids is 1. The molecule has 0 radical (unpaired) electrons. The van der Waals surface area contributed by atoms with Crippen LogP contribution in [-0.2, 0) is 13.2 Å². The second-order valence-electron chi connectivity index (χ2n) is 6.72. The summed E-state index contributed by atoms with van der Waals surface area (Å²) in [6.07, 6.45) is 0. The molecule has 3 aromatic rings. The molecule has 0 saturated carbocycles. The van der Waals surface area contributed by atoms with Crippen LogP contribution < -0.4 is 10.2 Å². The van der Waals surface area contributed by atoms with E-state index in [1.54, 1.807) is 7.05 Å². The summed E-state index contributed by atoms with van der Waals surface area (Å²) in [5, 5.41) is 5.92. The van der Waals surface area contributed by atoms with Crippen molar-refractivity contribution in [3.63, 3.8) is 0 Å². The molecule has 7 heteroatoms. The number of H-pyrrole nitrogens is 1. The fourth-order valence-electron chi connectivity index (χ4n) is 2.90. The van der Waals surface area contributed by atoms with Gasteiger partial charge in [0.1, 0.15) is 6.54 Å². The number of aromatic amines is 1. The summed E-state index contributed by atoms with van der Waals surface area (Å²) in [4.78, 5) is 17.3. The molecule has 0 bridgehead atoms. The van der Waals surface area contributed by atoms with E-state index in [-0.39, 0.29) is 5.91 Å². The predicted molar refractivity (Wildman–Crippen MR) is 108 cm³/mol. The third kappa shape index (κ3) is 4.69. The van der Waals surface area contributed by atoms with Gasteiger partial charge in [-0.2, -0.15) is 4.98 Å². The third-order valence-corrected chi connectivity index (χ3v) is 4.69. The van der Waals surface area contributed by atoms with E-state index in [0.29, 0.717) is 17.0 Å². The molecule has 0 saturated heterocycles. The van der Waals surface area contributed by atoms with E-state index in [1.165, 1.54) is 10.5 Å². The molecule has 0 spiro atoms. The van der Waals surface area contributed by atoms with Gasteiger partial charge in [0.05, 0.1) is 7.05 Å². The first-order chi connectivity index (χ1) is 13.0. The molecule has 27 heavy (non-hydrogen) atoms. The predicted octanol–water partition coefficient (Wildman–Crippen LogP) is 1.95. The van der Waals surface area contributed by atoms with Crippen molar-refractivity contribution in [2.75, 3.05) is 14.1 Å². The van der Waals surface area contributed by atoms with Crippen LogP contribution in [0.25, 0.3) is 11.4 Å². The molecule has 0 aliphatic heterocycles. The number of hydrogen-bond donors (Lipinski definition) is 3. The smallest absolute Gasteiger partial charge is 0.251 e. The van der Waals surface area contributed by atoms with Crippen molar-refractivity contribution in [1.29, 1.82) is 0 Å². The van der Waals surface area contributed by atoms with Gasteiger partial charge in [0.15, 0.2) is 12.5 Å². The van der Waals surface area contributed by atoms with Crippen LogP contribution in [-0.4, -0.2) is 34.8 Å². The SMILES string of the molecule is CNC(=O)c1ccc(C[NH+](C)Cn2[nH]c(-c3ccc(C)cc3)nc2=S)cc1. The van der Waals surface area contributed by atoms with Gasteiger partial charge < -0.3 is 10.2 Å². The number of amides is 1. The van der Waals surface area contributed by atoms with E-state index >= 15 is 0 Å². The molecular formula is C20H24N5OS+. The molecule has 0 fully saturated rings. The normalized spacial score (nSPS) is 12.0. The number of carbonyl (C=O) groups is 1. The Morgan fingerprint density at radius 3 is 2.48 bits per heavy atom. The van der Waals surface area contributed by atoms with Gasteiger partial charge in [0.25, 0.3) is 5.91 Å². The van der Waals surface area contributed by atoms with Crippen molar-refractivity contribution < 1.29 is 9.69 Å². The van der Waals surface area contributed by atoms with Gasteiger partial charge >= 0.3 is 0 Å². The summed E-state index contributed by atoms with van der Waals surface area (Å²) in [6, 6.07) is 15.9. The van der Waals surface area contributed by atoms with Crippen LogP contribution in [0.5, 0.6) is 0 Å². The molecule has 2 aromatic carbocycles. The van der Waals surface area contributed by atoms with Crippen molar-refractivity contribution in [3.05, 3.63) is 70.0 Å². The highest BCUT2D eigenvalue weighted by atomic mass is 32.1. The molecule has 3 rings (SSSR count). The largest absolute Gasteiger partial charge is 0.355 e. The highest BCUT2D eigenvalue weighted by Crippen LogP contribution is 2.15. The monoisotopic (exact) mass is 382 g/mol. The van der Waals surface area contributed by atoms with E-state index in [4.69, 9.17) is 12.2 Å². The lowest BCUT2D eigenvalue weighted by Gasteiger charge is -2.14. The van der Waals surface area contributed by atoms with Crippen molar-refractivity contribution in [2.45, 2.75) is 20.1 Å². The number of benzene rings is 2. The number of hydrogen-bond acceptors (Lipinski definition) is 3. The number of aryl methyl sites for hydroxylation is 1. The molecule has 3 N–H and O–H groups in total. The summed E-state index contributed by atoms with van der Waals surface area (Å²) in [7, 11) is 3.73. The van der Waals surface area contributed by atoms with Crippen molar-refractivity contribution in [1.82, 2.24) is 20.1 Å². The van der Waals surface area contributed by atoms with Gasteiger partial charge in [-0.25, -0.2) is 4.68 Å². The van der Waals surface area contributed by atoms with E-state index in [2.05, 4.69) is 41.5 Å². The van der Waals surface area contributed by atoms with Gasteiger partial charge in [-0.1, -0.05) is 42.0 Å². The Bertz CT molecular complexity index is 973. The Morgan fingerprint density at radius 2 is 1.85 bits per heavy atom. The van der Waals surface area contributed by atoms with E-state index in [9.17, 15) is 4.79 Å². The number of nitrogens with zero attached hydrogens (tertiary/aromatic N) is 2. The zero-order chi connectivity index (χ0) is 19.4. The molecule has 1 heterocycles. The number of rotatable bonds is 6. The second kappa shape index (κ2) is 8.28. The van der Waals surface area contributed by atoms with Crippen LogP contribution in [0, 0.1) is 11.7 Å². The lowest BCUT2D eigenvalue weighted by Crippen LogP contribution is -3.07. The molecule has 0 aliphatic carbocycles. The van der Waals surface area contributed by atoms with Gasteiger partial charge in [0, 0.05) is 23.7 Å². The van der Waals surface area contributed by atoms with Gasteiger partial charge in [0.2, 0.25) is 4.77 Å². The first kappa shape index (κ1) is 19.0. The van der Waals surface area contributed by atoms with Gasteiger partial charge in [-0.15, -0.1) is 0 Å². The molecule has 0 aliphatic rings. The maximum Gasteiger partial charge on any atom is 0.251 e. The number of aromatic nitrogens is 3. The summed E-state index contributed by atoms with van der Waals surface area (Å²) < 4.78 is 2.43. The average molecular weight is 383 g/mol. The van der Waals surface area contributed by atoms with Crippen LogP contribution in [0.15, 0.2) is 48.5 Å². The Hall–Kier alpha value is -2.77. The molecule has 140 valence electrons. The molecule has 1 amide bonds. The van der Waals surface area contributed by atoms with E-state index in [1.807, 2.05) is 41.1 Å². The molecule has 6 nitrogen and oxygen atoms in total. The van der Waals surface area contributed by atoms with Gasteiger partial charge in [-0.05, 0) is 31.3 Å². The first-order valence-electron chi connectivity index (χ1n) is 8.82. The second-order valence-corrected chi connectivity index (χ2v) is 7.08. The van der Waals surface area contributed by atoms with Crippen molar-refractivity contribution in [3.8, 4) is 11.4 Å². The number of quaternary nitrogens is 1. The average Bonchev–Trinajstić information content (AvgIpc) is 3.02. The molecular weight excluding hydrogens is 358 g/mol. The lowest BCUT2D eigenvalue weighted by atomic mass is 10.1. The van der Waals surface area contributed by atoms with Crippen LogP contribution in [0.3, 0.4) is 0 Å². The minimum absolute atomic E-state index is 0.0744. The third-order valence-electron chi connectivity index (χ3n) is 4.38. The molecule has 1 atom stereocenters. The zero-order valence-corrected chi connectivity index (χ0v) is 16.6. The van der Waals surface area contributed by atoms with E-state index in [0.717, 1.165) is 23.5 Å². The highest BCUT2D eigenvalue weighted by Gasteiger charge is 2.10. The summed E-state index contributed by atoms with van der Waals surface area (Å²) in [6.45, 7) is 3.55. The van der Waals surface area contributed by atoms with E-state index < -0.39 is 0 Å². The summed E-state index contributed by atoms with van der Waals surface area (Å²) in [5.74, 6) is 0.706. The topological polar surface area (TPSA) is 67.2 Å². The Kier molecular flexibility index (Phi) is 5.83. The van der Waals surface area contributed by atoms with Crippen molar-refractivity contribution >= 4 is 18.1 Å².